The lowest BCUT2D eigenvalue weighted by atomic mass is 9.99. The van der Waals surface area contributed by atoms with E-state index in [1.54, 1.807) is 0 Å². The molecule has 0 radical (unpaired) electrons. The second-order valence-electron chi connectivity index (χ2n) is 5.49. The van der Waals surface area contributed by atoms with Crippen molar-refractivity contribution >= 4 is 11.4 Å². The van der Waals surface area contributed by atoms with Gasteiger partial charge in [0.15, 0.2) is 0 Å². The first-order valence-corrected chi connectivity index (χ1v) is 7.51. The van der Waals surface area contributed by atoms with Gasteiger partial charge in [-0.25, -0.2) is 0 Å². The van der Waals surface area contributed by atoms with Gasteiger partial charge >= 0.3 is 0 Å². The van der Waals surface area contributed by atoms with Crippen LogP contribution in [0, 0.1) is 5.92 Å². The predicted molar refractivity (Wildman–Crippen MR) is 83.1 cm³/mol. The molecule has 1 aromatic rings. The van der Waals surface area contributed by atoms with Crippen molar-refractivity contribution in [3.8, 4) is 0 Å². The van der Waals surface area contributed by atoms with Crippen LogP contribution in [0.5, 0.6) is 0 Å². The van der Waals surface area contributed by atoms with Crippen LogP contribution in [0.25, 0.3) is 0 Å². The molecule has 4 heteroatoms. The topological polar surface area (TPSA) is 47.7 Å². The van der Waals surface area contributed by atoms with Gasteiger partial charge in [-0.15, -0.1) is 0 Å². The zero-order chi connectivity index (χ0) is 14.2. The largest absolute Gasteiger partial charge is 0.399 e. The number of rotatable bonds is 1. The minimum atomic E-state index is 0.778. The Morgan fingerprint density at radius 2 is 1.45 bits per heavy atom. The summed E-state index contributed by atoms with van der Waals surface area (Å²) in [4.78, 5) is 2.44. The molecule has 3 rings (SSSR count). The van der Waals surface area contributed by atoms with Crippen LogP contribution in [0.2, 0.25) is 0 Å². The fraction of sp³-hybridized carbons (Fsp3) is 0.625. The molecule has 0 aromatic heterocycles. The molecular formula is C16H26N2O2. The van der Waals surface area contributed by atoms with Gasteiger partial charge in [0.1, 0.15) is 0 Å². The van der Waals surface area contributed by atoms with E-state index in [2.05, 4.69) is 24.0 Å². The van der Waals surface area contributed by atoms with Crippen LogP contribution >= 0.6 is 0 Å². The molecule has 0 aliphatic carbocycles. The van der Waals surface area contributed by atoms with Crippen LogP contribution in [-0.2, 0) is 9.47 Å². The van der Waals surface area contributed by atoms with E-state index < -0.39 is 0 Å². The van der Waals surface area contributed by atoms with Crippen molar-refractivity contribution in [3.05, 3.63) is 24.3 Å². The lowest BCUT2D eigenvalue weighted by molar-refractivity contribution is -0.0334. The van der Waals surface area contributed by atoms with E-state index in [1.165, 1.54) is 31.6 Å². The second kappa shape index (κ2) is 8.12. The van der Waals surface area contributed by atoms with Gasteiger partial charge in [-0.05, 0) is 43.0 Å². The highest BCUT2D eigenvalue weighted by molar-refractivity contribution is 5.53. The maximum atomic E-state index is 5.66. The molecule has 0 atom stereocenters. The molecule has 0 spiro atoms. The van der Waals surface area contributed by atoms with Crippen molar-refractivity contribution in [2.24, 2.45) is 5.92 Å². The number of benzene rings is 1. The van der Waals surface area contributed by atoms with Gasteiger partial charge in [0.05, 0.1) is 26.4 Å². The molecule has 2 N–H and O–H groups in total. The fourth-order valence-corrected chi connectivity index (χ4v) is 2.39. The van der Waals surface area contributed by atoms with Gasteiger partial charge in [-0.1, -0.05) is 6.92 Å². The molecule has 2 aliphatic heterocycles. The second-order valence-corrected chi connectivity index (χ2v) is 5.49. The summed E-state index contributed by atoms with van der Waals surface area (Å²) in [5.74, 6) is 0.889. The summed E-state index contributed by atoms with van der Waals surface area (Å²) < 4.78 is 9.89. The zero-order valence-corrected chi connectivity index (χ0v) is 12.4. The van der Waals surface area contributed by atoms with E-state index in [0.717, 1.165) is 38.0 Å². The number of ether oxygens (including phenoxy) is 2. The molecule has 0 unspecified atom stereocenters. The Hall–Kier alpha value is -1.26. The maximum absolute atomic E-state index is 5.66. The number of nitrogen functional groups attached to an aromatic ring is 1. The minimum Gasteiger partial charge on any atom is -0.399 e. The van der Waals surface area contributed by atoms with E-state index in [-0.39, 0.29) is 0 Å². The summed E-state index contributed by atoms with van der Waals surface area (Å²) in [5.41, 5.74) is 7.82. The van der Waals surface area contributed by atoms with Gasteiger partial charge in [0.25, 0.3) is 0 Å². The first-order chi connectivity index (χ1) is 9.75. The van der Waals surface area contributed by atoms with Gasteiger partial charge < -0.3 is 20.1 Å². The predicted octanol–water partition coefficient (Wildman–Crippen LogP) is 2.54. The third-order valence-electron chi connectivity index (χ3n) is 3.79. The Labute approximate surface area is 121 Å². The molecule has 20 heavy (non-hydrogen) atoms. The van der Waals surface area contributed by atoms with Crippen LogP contribution in [0.1, 0.15) is 19.8 Å². The third kappa shape index (κ3) is 5.02. The van der Waals surface area contributed by atoms with Crippen molar-refractivity contribution in [1.29, 1.82) is 0 Å². The van der Waals surface area contributed by atoms with E-state index >= 15 is 0 Å². The zero-order valence-electron chi connectivity index (χ0n) is 12.4. The van der Waals surface area contributed by atoms with E-state index in [0.29, 0.717) is 0 Å². The number of piperidine rings is 1. The van der Waals surface area contributed by atoms with Crippen LogP contribution in [0.3, 0.4) is 0 Å². The number of nitrogens with zero attached hydrogens (tertiary/aromatic N) is 1. The summed E-state index contributed by atoms with van der Waals surface area (Å²) in [6.07, 6.45) is 2.62. The van der Waals surface area contributed by atoms with E-state index in [4.69, 9.17) is 15.2 Å². The average molecular weight is 278 g/mol. The van der Waals surface area contributed by atoms with Gasteiger partial charge in [-0.2, -0.15) is 0 Å². The number of hydrogen-bond donors (Lipinski definition) is 1. The normalized spacial score (nSPS) is 20.1. The highest BCUT2D eigenvalue weighted by Gasteiger charge is 2.15. The minimum absolute atomic E-state index is 0.778. The van der Waals surface area contributed by atoms with Crippen LogP contribution in [0.4, 0.5) is 11.4 Å². The molecule has 4 nitrogen and oxygen atoms in total. The van der Waals surface area contributed by atoms with Crippen LogP contribution < -0.4 is 10.6 Å². The molecule has 0 saturated carbocycles. The Morgan fingerprint density at radius 1 is 0.950 bits per heavy atom. The molecule has 1 aromatic carbocycles. The number of anilines is 2. The highest BCUT2D eigenvalue weighted by atomic mass is 16.6. The van der Waals surface area contributed by atoms with Crippen molar-refractivity contribution in [2.75, 3.05) is 50.2 Å². The molecule has 0 bridgehead atoms. The summed E-state index contributed by atoms with van der Waals surface area (Å²) in [5, 5.41) is 0. The molecule has 2 fully saturated rings. The Bertz CT molecular complexity index is 357. The maximum Gasteiger partial charge on any atom is 0.0701 e. The first-order valence-electron chi connectivity index (χ1n) is 7.51. The highest BCUT2D eigenvalue weighted by Crippen LogP contribution is 2.23. The molecule has 112 valence electrons. The van der Waals surface area contributed by atoms with Crippen molar-refractivity contribution in [1.82, 2.24) is 0 Å². The molecular weight excluding hydrogens is 252 g/mol. The van der Waals surface area contributed by atoms with Crippen molar-refractivity contribution < 1.29 is 9.47 Å². The van der Waals surface area contributed by atoms with E-state index in [1.807, 2.05) is 12.1 Å². The molecule has 2 saturated heterocycles. The lowest BCUT2D eigenvalue weighted by Crippen LogP contribution is -2.32. The fourth-order valence-electron chi connectivity index (χ4n) is 2.39. The summed E-state index contributed by atoms with van der Waals surface area (Å²) in [6.45, 7) is 7.82. The smallest absolute Gasteiger partial charge is 0.0701 e. The summed E-state index contributed by atoms with van der Waals surface area (Å²) >= 11 is 0. The van der Waals surface area contributed by atoms with Crippen LogP contribution in [-0.4, -0.2) is 39.5 Å². The quantitative estimate of drug-likeness (QED) is 0.802. The molecule has 2 aliphatic rings. The standard InChI is InChI=1S/C12H18N2.C4H8O2/c1-10-6-8-14(9-7-10)12-4-2-11(13)3-5-12;1-2-6-4-3-5-1/h2-5,10H,6-9,13H2,1H3;1-4H2. The summed E-state index contributed by atoms with van der Waals surface area (Å²) in [7, 11) is 0. The van der Waals surface area contributed by atoms with Gasteiger partial charge in [-0.3, -0.25) is 0 Å². The number of hydrogen-bond acceptors (Lipinski definition) is 4. The lowest BCUT2D eigenvalue weighted by Gasteiger charge is -2.32. The SMILES string of the molecule is C1COCCO1.CC1CCN(c2ccc(N)cc2)CC1. The van der Waals surface area contributed by atoms with E-state index in [9.17, 15) is 0 Å². The number of nitrogens with two attached hydrogens (primary N) is 1. The Kier molecular flexibility index (Phi) is 6.15. The van der Waals surface area contributed by atoms with Gasteiger partial charge in [0.2, 0.25) is 0 Å². The van der Waals surface area contributed by atoms with Crippen molar-refractivity contribution in [3.63, 3.8) is 0 Å². The average Bonchev–Trinajstić information content (AvgIpc) is 2.51. The summed E-state index contributed by atoms with van der Waals surface area (Å²) in [6, 6.07) is 8.19. The van der Waals surface area contributed by atoms with Crippen LogP contribution in [0.15, 0.2) is 24.3 Å². The Morgan fingerprint density at radius 3 is 1.90 bits per heavy atom. The first kappa shape index (κ1) is 15.1. The molecule has 2 heterocycles. The monoisotopic (exact) mass is 278 g/mol. The van der Waals surface area contributed by atoms with Gasteiger partial charge in [0, 0.05) is 24.5 Å². The van der Waals surface area contributed by atoms with Crippen molar-refractivity contribution in [2.45, 2.75) is 19.8 Å². The molecule has 0 amide bonds. The third-order valence-corrected chi connectivity index (χ3v) is 3.79. The Balaban J connectivity index is 0.000000205.